The van der Waals surface area contributed by atoms with Crippen molar-refractivity contribution >= 4 is 11.6 Å². The Morgan fingerprint density at radius 2 is 1.95 bits per heavy atom. The molecule has 0 fully saturated rings. The van der Waals surface area contributed by atoms with Crippen molar-refractivity contribution in [3.05, 3.63) is 54.1 Å². The van der Waals surface area contributed by atoms with Gasteiger partial charge in [0.05, 0.1) is 11.3 Å². The van der Waals surface area contributed by atoms with Crippen molar-refractivity contribution in [1.82, 2.24) is 15.3 Å². The van der Waals surface area contributed by atoms with Crippen LogP contribution in [0.5, 0.6) is 0 Å². The zero-order valence-corrected chi connectivity index (χ0v) is 12.3. The molecule has 2 heterocycles. The second kappa shape index (κ2) is 7.38. The summed E-state index contributed by atoms with van der Waals surface area (Å²) in [7, 11) is 0. The van der Waals surface area contributed by atoms with Crippen molar-refractivity contribution in [1.29, 1.82) is 0 Å². The first-order chi connectivity index (χ1) is 10.1. The van der Waals surface area contributed by atoms with E-state index in [1.807, 2.05) is 18.2 Å². The fraction of sp³-hybridized carbons (Fsp3) is 0.312. The Balaban J connectivity index is 1.94. The molecule has 0 saturated carbocycles. The molecule has 110 valence electrons. The normalized spacial score (nSPS) is 10.4. The number of anilines is 1. The lowest BCUT2D eigenvalue weighted by Crippen LogP contribution is -2.23. The Morgan fingerprint density at radius 1 is 1.19 bits per heavy atom. The van der Waals surface area contributed by atoms with E-state index in [1.165, 1.54) is 0 Å². The van der Waals surface area contributed by atoms with Gasteiger partial charge in [0, 0.05) is 37.9 Å². The van der Waals surface area contributed by atoms with Crippen LogP contribution in [-0.4, -0.2) is 22.4 Å². The quantitative estimate of drug-likeness (QED) is 0.855. The van der Waals surface area contributed by atoms with E-state index in [0.717, 1.165) is 17.8 Å². The van der Waals surface area contributed by atoms with Gasteiger partial charge >= 0.3 is 0 Å². The molecule has 0 bridgehead atoms. The minimum Gasteiger partial charge on any atom is -0.384 e. The van der Waals surface area contributed by atoms with Gasteiger partial charge in [-0.05, 0) is 29.7 Å². The number of rotatable bonds is 6. The molecule has 21 heavy (non-hydrogen) atoms. The molecule has 0 aliphatic rings. The first-order valence-corrected chi connectivity index (χ1v) is 7.01. The highest BCUT2D eigenvalue weighted by Gasteiger charge is 2.07. The van der Waals surface area contributed by atoms with E-state index in [2.05, 4.69) is 34.4 Å². The van der Waals surface area contributed by atoms with Crippen molar-refractivity contribution in [3.63, 3.8) is 0 Å². The minimum absolute atomic E-state index is 0.132. The summed E-state index contributed by atoms with van der Waals surface area (Å²) in [5.41, 5.74) is 2.43. The lowest BCUT2D eigenvalue weighted by molar-refractivity contribution is 0.0950. The fourth-order valence-corrected chi connectivity index (χ4v) is 1.77. The summed E-state index contributed by atoms with van der Waals surface area (Å²) >= 11 is 0. The number of carbonyl (C=O) groups is 1. The zero-order valence-electron chi connectivity index (χ0n) is 12.3. The highest BCUT2D eigenvalue weighted by molar-refractivity contribution is 5.94. The van der Waals surface area contributed by atoms with Crippen LogP contribution in [0.15, 0.2) is 43.0 Å². The molecule has 0 atom stereocenters. The Kier molecular flexibility index (Phi) is 5.26. The van der Waals surface area contributed by atoms with Gasteiger partial charge < -0.3 is 10.6 Å². The molecule has 2 N–H and O–H groups in total. The van der Waals surface area contributed by atoms with E-state index in [4.69, 9.17) is 0 Å². The maximum absolute atomic E-state index is 12.1. The van der Waals surface area contributed by atoms with Crippen LogP contribution in [0.1, 0.15) is 29.8 Å². The van der Waals surface area contributed by atoms with Crippen molar-refractivity contribution in [2.24, 2.45) is 5.92 Å². The molecule has 0 aliphatic carbocycles. The predicted molar refractivity (Wildman–Crippen MR) is 83.0 cm³/mol. The van der Waals surface area contributed by atoms with Crippen molar-refractivity contribution in [3.8, 4) is 0 Å². The predicted octanol–water partition coefficient (Wildman–Crippen LogP) is 2.47. The number of nitrogens with zero attached hydrogens (tertiary/aromatic N) is 2. The first kappa shape index (κ1) is 15.0. The summed E-state index contributed by atoms with van der Waals surface area (Å²) in [6.07, 6.45) is 6.71. The average Bonchev–Trinajstić information content (AvgIpc) is 2.52. The molecule has 5 heteroatoms. The second-order valence-electron chi connectivity index (χ2n) is 5.28. The van der Waals surface area contributed by atoms with Gasteiger partial charge in [0.15, 0.2) is 0 Å². The van der Waals surface area contributed by atoms with Crippen LogP contribution in [0.25, 0.3) is 0 Å². The second-order valence-corrected chi connectivity index (χ2v) is 5.28. The molecule has 2 rings (SSSR count). The van der Waals surface area contributed by atoms with E-state index in [9.17, 15) is 4.79 Å². The molecular weight excluding hydrogens is 264 g/mol. The third-order valence-electron chi connectivity index (χ3n) is 2.92. The van der Waals surface area contributed by atoms with E-state index < -0.39 is 0 Å². The lowest BCUT2D eigenvalue weighted by atomic mass is 10.2. The maximum atomic E-state index is 12.1. The summed E-state index contributed by atoms with van der Waals surface area (Å²) in [6.45, 7) is 5.59. The molecule has 0 aromatic carbocycles. The van der Waals surface area contributed by atoms with Crippen LogP contribution in [0, 0.1) is 5.92 Å². The standard InChI is InChI=1S/C16H20N4O/c1-12(2)8-19-15-7-14(10-18-11-15)16(21)20-9-13-3-5-17-6-4-13/h3-7,10-12,19H,8-9H2,1-2H3,(H,20,21). The molecule has 1 amide bonds. The molecule has 0 unspecified atom stereocenters. The van der Waals surface area contributed by atoms with Crippen LogP contribution in [0.4, 0.5) is 5.69 Å². The van der Waals surface area contributed by atoms with Crippen LogP contribution < -0.4 is 10.6 Å². The molecule has 2 aromatic rings. The van der Waals surface area contributed by atoms with Gasteiger partial charge in [-0.3, -0.25) is 14.8 Å². The first-order valence-electron chi connectivity index (χ1n) is 7.01. The van der Waals surface area contributed by atoms with Gasteiger partial charge in [-0.1, -0.05) is 13.8 Å². The summed E-state index contributed by atoms with van der Waals surface area (Å²) in [5.74, 6) is 0.404. The summed E-state index contributed by atoms with van der Waals surface area (Å²) in [4.78, 5) is 20.2. The van der Waals surface area contributed by atoms with Gasteiger partial charge in [-0.25, -0.2) is 0 Å². The Labute approximate surface area is 124 Å². The number of hydrogen-bond acceptors (Lipinski definition) is 4. The van der Waals surface area contributed by atoms with Crippen molar-refractivity contribution < 1.29 is 4.79 Å². The minimum atomic E-state index is -0.132. The number of hydrogen-bond donors (Lipinski definition) is 2. The van der Waals surface area contributed by atoms with Crippen molar-refractivity contribution in [2.75, 3.05) is 11.9 Å². The van der Waals surface area contributed by atoms with Crippen LogP contribution in [-0.2, 0) is 6.54 Å². The van der Waals surface area contributed by atoms with E-state index >= 15 is 0 Å². The van der Waals surface area contributed by atoms with Gasteiger partial charge in [-0.2, -0.15) is 0 Å². The molecule has 0 saturated heterocycles. The highest BCUT2D eigenvalue weighted by atomic mass is 16.1. The summed E-state index contributed by atoms with van der Waals surface area (Å²) in [6, 6.07) is 5.57. The molecule has 2 aromatic heterocycles. The van der Waals surface area contributed by atoms with E-state index in [-0.39, 0.29) is 5.91 Å². The van der Waals surface area contributed by atoms with Gasteiger partial charge in [-0.15, -0.1) is 0 Å². The van der Waals surface area contributed by atoms with Crippen LogP contribution in [0.2, 0.25) is 0 Å². The smallest absolute Gasteiger partial charge is 0.253 e. The third kappa shape index (κ3) is 4.87. The molecule has 5 nitrogen and oxygen atoms in total. The molecule has 0 radical (unpaired) electrons. The summed E-state index contributed by atoms with van der Waals surface area (Å²) in [5, 5.41) is 6.14. The molecular formula is C16H20N4O. The monoisotopic (exact) mass is 284 g/mol. The Morgan fingerprint density at radius 3 is 2.67 bits per heavy atom. The Hall–Kier alpha value is -2.43. The zero-order chi connectivity index (χ0) is 15.1. The van der Waals surface area contributed by atoms with Crippen molar-refractivity contribution in [2.45, 2.75) is 20.4 Å². The number of carbonyl (C=O) groups excluding carboxylic acids is 1. The third-order valence-corrected chi connectivity index (χ3v) is 2.92. The Bertz CT molecular complexity index is 584. The SMILES string of the molecule is CC(C)CNc1cncc(C(=O)NCc2ccncc2)c1. The average molecular weight is 284 g/mol. The van der Waals surface area contributed by atoms with Crippen LogP contribution in [0.3, 0.4) is 0 Å². The topological polar surface area (TPSA) is 66.9 Å². The number of aromatic nitrogens is 2. The largest absolute Gasteiger partial charge is 0.384 e. The summed E-state index contributed by atoms with van der Waals surface area (Å²) < 4.78 is 0. The number of pyridine rings is 2. The number of amides is 1. The van der Waals surface area contributed by atoms with Gasteiger partial charge in [0.1, 0.15) is 0 Å². The van der Waals surface area contributed by atoms with E-state index in [0.29, 0.717) is 18.0 Å². The van der Waals surface area contributed by atoms with Gasteiger partial charge in [0.25, 0.3) is 5.91 Å². The maximum Gasteiger partial charge on any atom is 0.253 e. The highest BCUT2D eigenvalue weighted by Crippen LogP contribution is 2.09. The fourth-order valence-electron chi connectivity index (χ4n) is 1.77. The molecule has 0 aliphatic heterocycles. The van der Waals surface area contributed by atoms with E-state index in [1.54, 1.807) is 24.8 Å². The van der Waals surface area contributed by atoms with Gasteiger partial charge in [0.2, 0.25) is 0 Å². The van der Waals surface area contributed by atoms with Crippen LogP contribution >= 0.6 is 0 Å². The molecule has 0 spiro atoms. The number of nitrogens with one attached hydrogen (secondary N) is 2. The lowest BCUT2D eigenvalue weighted by Gasteiger charge is -2.10.